The Morgan fingerprint density at radius 3 is 2.34 bits per heavy atom. The van der Waals surface area contributed by atoms with Crippen LogP contribution in [0.4, 0.5) is 13.2 Å². The molecule has 0 radical (unpaired) electrons. The molecule has 0 aliphatic carbocycles. The van der Waals surface area contributed by atoms with Gasteiger partial charge in [0.05, 0.1) is 19.2 Å². The van der Waals surface area contributed by atoms with Gasteiger partial charge in [-0.2, -0.15) is 18.3 Å². The molecule has 0 saturated carbocycles. The first-order valence-corrected chi connectivity index (χ1v) is 8.47. The van der Waals surface area contributed by atoms with Gasteiger partial charge >= 0.3 is 6.18 Å². The first-order valence-electron chi connectivity index (χ1n) is 8.47. The van der Waals surface area contributed by atoms with Gasteiger partial charge in [-0.25, -0.2) is 4.98 Å². The molecule has 1 amide bonds. The average molecular weight is 406 g/mol. The van der Waals surface area contributed by atoms with E-state index in [0.717, 1.165) is 29.8 Å². The van der Waals surface area contributed by atoms with E-state index in [1.165, 1.54) is 0 Å². The maximum Gasteiger partial charge on any atom is 0.416 e. The summed E-state index contributed by atoms with van der Waals surface area (Å²) in [6.07, 6.45) is -4.42. The number of alkyl halides is 3. The number of methoxy groups -OCH3 is 1. The normalized spacial score (nSPS) is 11.2. The zero-order valence-corrected chi connectivity index (χ0v) is 15.3. The first-order chi connectivity index (χ1) is 13.8. The Kier molecular flexibility index (Phi) is 6.01. The molecular weight excluding hydrogens is 389 g/mol. The summed E-state index contributed by atoms with van der Waals surface area (Å²) in [7, 11) is 1.57. The molecule has 0 fully saturated rings. The number of carbonyl (C=O) groups excluding carboxylic acids is 1. The lowest BCUT2D eigenvalue weighted by atomic mass is 10.2. The molecule has 7 nitrogen and oxygen atoms in total. The van der Waals surface area contributed by atoms with Crippen LogP contribution in [-0.4, -0.2) is 34.8 Å². The second-order valence-electron chi connectivity index (χ2n) is 5.92. The molecule has 0 bridgehead atoms. The highest BCUT2D eigenvalue weighted by atomic mass is 19.4. The minimum Gasteiger partial charge on any atom is -0.497 e. The number of ether oxygens (including phenoxy) is 2. The summed E-state index contributed by atoms with van der Waals surface area (Å²) in [5.74, 6) is 1.34. The fourth-order valence-corrected chi connectivity index (χ4v) is 2.37. The van der Waals surface area contributed by atoms with Crippen molar-refractivity contribution in [3.05, 3.63) is 59.9 Å². The number of carbonyl (C=O) groups is 1. The van der Waals surface area contributed by atoms with Crippen LogP contribution < -0.4 is 14.8 Å². The summed E-state index contributed by atoms with van der Waals surface area (Å²) in [4.78, 5) is 16.2. The van der Waals surface area contributed by atoms with Gasteiger partial charge in [0.1, 0.15) is 17.3 Å². The van der Waals surface area contributed by atoms with Gasteiger partial charge in [0.2, 0.25) is 0 Å². The van der Waals surface area contributed by atoms with Crippen LogP contribution >= 0.6 is 0 Å². The largest absolute Gasteiger partial charge is 0.497 e. The lowest BCUT2D eigenvalue weighted by Crippen LogP contribution is -2.28. The SMILES string of the molecule is COc1ccc(-c2n[nH]c(CNC(=O)COc3ccc(C(F)(F)F)cc3)n2)cc1. The maximum absolute atomic E-state index is 12.5. The van der Waals surface area contributed by atoms with E-state index in [0.29, 0.717) is 17.4 Å². The van der Waals surface area contributed by atoms with Crippen molar-refractivity contribution in [2.75, 3.05) is 13.7 Å². The molecule has 1 aromatic heterocycles. The van der Waals surface area contributed by atoms with Crippen molar-refractivity contribution >= 4 is 5.91 Å². The Bertz CT molecular complexity index is 954. The summed E-state index contributed by atoms with van der Waals surface area (Å²) in [5, 5.41) is 9.41. The molecule has 2 aromatic carbocycles. The second kappa shape index (κ2) is 8.63. The van der Waals surface area contributed by atoms with Crippen molar-refractivity contribution in [3.8, 4) is 22.9 Å². The predicted molar refractivity (Wildman–Crippen MR) is 97.2 cm³/mol. The van der Waals surface area contributed by atoms with E-state index in [1.807, 2.05) is 12.1 Å². The van der Waals surface area contributed by atoms with Crippen LogP contribution in [0.3, 0.4) is 0 Å². The summed E-state index contributed by atoms with van der Waals surface area (Å²) in [6, 6.07) is 11.3. The Labute approximate surface area is 163 Å². The van der Waals surface area contributed by atoms with Crippen LogP contribution in [0.2, 0.25) is 0 Å². The Balaban J connectivity index is 1.47. The third kappa shape index (κ3) is 5.47. The number of hydrogen-bond donors (Lipinski definition) is 2. The Morgan fingerprint density at radius 2 is 1.72 bits per heavy atom. The van der Waals surface area contributed by atoms with E-state index in [-0.39, 0.29) is 18.9 Å². The van der Waals surface area contributed by atoms with E-state index in [1.54, 1.807) is 19.2 Å². The molecule has 29 heavy (non-hydrogen) atoms. The van der Waals surface area contributed by atoms with Gasteiger partial charge in [-0.3, -0.25) is 9.89 Å². The molecule has 1 heterocycles. The number of aromatic nitrogens is 3. The number of aromatic amines is 1. The number of nitrogens with zero attached hydrogens (tertiary/aromatic N) is 2. The first kappa shape index (κ1) is 20.2. The van der Waals surface area contributed by atoms with Gasteiger partial charge in [-0.05, 0) is 48.5 Å². The molecule has 0 unspecified atom stereocenters. The molecule has 10 heteroatoms. The molecule has 152 valence electrons. The van der Waals surface area contributed by atoms with Crippen molar-refractivity contribution in [3.63, 3.8) is 0 Å². The maximum atomic E-state index is 12.5. The summed E-state index contributed by atoms with van der Waals surface area (Å²) in [5.41, 5.74) is -0.00227. The molecule has 0 saturated heterocycles. The third-order valence-electron chi connectivity index (χ3n) is 3.88. The van der Waals surface area contributed by atoms with E-state index < -0.39 is 17.6 Å². The molecule has 3 rings (SSSR count). The van der Waals surface area contributed by atoms with Crippen molar-refractivity contribution < 1.29 is 27.4 Å². The minimum absolute atomic E-state index is 0.0956. The zero-order chi connectivity index (χ0) is 20.9. The molecule has 3 aromatic rings. The zero-order valence-electron chi connectivity index (χ0n) is 15.3. The Morgan fingerprint density at radius 1 is 1.07 bits per heavy atom. The van der Waals surface area contributed by atoms with Crippen LogP contribution in [-0.2, 0) is 17.5 Å². The van der Waals surface area contributed by atoms with Gasteiger partial charge in [0.25, 0.3) is 5.91 Å². The fourth-order valence-electron chi connectivity index (χ4n) is 2.37. The minimum atomic E-state index is -4.42. The van der Waals surface area contributed by atoms with Crippen LogP contribution in [0.15, 0.2) is 48.5 Å². The van der Waals surface area contributed by atoms with E-state index >= 15 is 0 Å². The van der Waals surface area contributed by atoms with E-state index in [2.05, 4.69) is 20.5 Å². The number of benzene rings is 2. The Hall–Kier alpha value is -3.56. The highest BCUT2D eigenvalue weighted by molar-refractivity contribution is 5.77. The van der Waals surface area contributed by atoms with Crippen molar-refractivity contribution in [2.45, 2.75) is 12.7 Å². The summed E-state index contributed by atoms with van der Waals surface area (Å²) < 4.78 is 47.8. The molecule has 0 spiro atoms. The number of H-pyrrole nitrogens is 1. The molecule has 0 aliphatic heterocycles. The highest BCUT2D eigenvalue weighted by Crippen LogP contribution is 2.30. The van der Waals surface area contributed by atoms with Gasteiger partial charge in [-0.1, -0.05) is 0 Å². The standard InChI is InChI=1S/C19H17F3N4O3/c1-28-14-6-2-12(3-7-14)18-24-16(25-26-18)10-23-17(27)11-29-15-8-4-13(5-9-15)19(20,21)22/h2-9H,10-11H2,1H3,(H,23,27)(H,24,25,26). The second-order valence-corrected chi connectivity index (χ2v) is 5.92. The van der Waals surface area contributed by atoms with E-state index in [4.69, 9.17) is 9.47 Å². The van der Waals surface area contributed by atoms with Crippen molar-refractivity contribution in [1.29, 1.82) is 0 Å². The molecule has 0 aliphatic rings. The molecular formula is C19H17F3N4O3. The number of nitrogens with one attached hydrogen (secondary N) is 2. The van der Waals surface area contributed by atoms with Crippen molar-refractivity contribution in [2.24, 2.45) is 0 Å². The van der Waals surface area contributed by atoms with Crippen LogP contribution in [0, 0.1) is 0 Å². The average Bonchev–Trinajstić information content (AvgIpc) is 3.19. The number of halogens is 3. The van der Waals surface area contributed by atoms with E-state index in [9.17, 15) is 18.0 Å². The summed E-state index contributed by atoms with van der Waals surface area (Å²) in [6.45, 7) is -0.247. The topological polar surface area (TPSA) is 89.1 Å². The fraction of sp³-hybridized carbons (Fsp3) is 0.211. The van der Waals surface area contributed by atoms with Gasteiger partial charge in [0, 0.05) is 5.56 Å². The predicted octanol–water partition coefficient (Wildman–Crippen LogP) is 3.19. The van der Waals surface area contributed by atoms with Crippen LogP contribution in [0.25, 0.3) is 11.4 Å². The lowest BCUT2D eigenvalue weighted by molar-refractivity contribution is -0.137. The highest BCUT2D eigenvalue weighted by Gasteiger charge is 2.30. The van der Waals surface area contributed by atoms with Gasteiger partial charge in [0.15, 0.2) is 12.4 Å². The lowest BCUT2D eigenvalue weighted by Gasteiger charge is -2.09. The van der Waals surface area contributed by atoms with Gasteiger partial charge < -0.3 is 14.8 Å². The van der Waals surface area contributed by atoms with Gasteiger partial charge in [-0.15, -0.1) is 0 Å². The smallest absolute Gasteiger partial charge is 0.416 e. The van der Waals surface area contributed by atoms with Crippen molar-refractivity contribution in [1.82, 2.24) is 20.5 Å². The van der Waals surface area contributed by atoms with Crippen LogP contribution in [0.1, 0.15) is 11.4 Å². The molecule has 0 atom stereocenters. The number of rotatable bonds is 7. The number of hydrogen-bond acceptors (Lipinski definition) is 5. The monoisotopic (exact) mass is 406 g/mol. The third-order valence-corrected chi connectivity index (χ3v) is 3.88. The quantitative estimate of drug-likeness (QED) is 0.629. The molecule has 2 N–H and O–H groups in total. The van der Waals surface area contributed by atoms with Crippen LogP contribution in [0.5, 0.6) is 11.5 Å². The summed E-state index contributed by atoms with van der Waals surface area (Å²) >= 11 is 0. The number of amides is 1.